The van der Waals surface area contributed by atoms with Gasteiger partial charge in [-0.1, -0.05) is 13.3 Å². The smallest absolute Gasteiger partial charge is 0.348 e. The zero-order valence-electron chi connectivity index (χ0n) is 16.4. The molecule has 0 unspecified atom stereocenters. The van der Waals surface area contributed by atoms with Gasteiger partial charge in [-0.2, -0.15) is 0 Å². The number of carbonyl (C=O) groups excluding carboxylic acids is 3. The van der Waals surface area contributed by atoms with Crippen LogP contribution in [0.2, 0.25) is 0 Å². The maximum Gasteiger partial charge on any atom is 0.348 e. The van der Waals surface area contributed by atoms with E-state index < -0.39 is 24.3 Å². The van der Waals surface area contributed by atoms with Crippen LogP contribution in [0, 0.1) is 20.8 Å². The Morgan fingerprint density at radius 1 is 1.00 bits per heavy atom. The van der Waals surface area contributed by atoms with E-state index in [2.05, 4.69) is 11.9 Å². The zero-order chi connectivity index (χ0) is 20.1. The topological polar surface area (TPSA) is 85.5 Å². The van der Waals surface area contributed by atoms with Crippen LogP contribution in [-0.2, 0) is 15.9 Å². The number of rotatable bonds is 8. The number of esters is 2. The molecule has 1 N–H and O–H groups in total. The van der Waals surface area contributed by atoms with Crippen molar-refractivity contribution in [1.29, 1.82) is 0 Å². The van der Waals surface area contributed by atoms with E-state index in [-0.39, 0.29) is 17.7 Å². The number of thiophene rings is 1. The molecular formula is C20H25NO5S. The summed E-state index contributed by atoms with van der Waals surface area (Å²) >= 11 is 1.37. The molecule has 2 aromatic rings. The van der Waals surface area contributed by atoms with Crippen molar-refractivity contribution in [2.24, 2.45) is 0 Å². The Labute approximate surface area is 162 Å². The van der Waals surface area contributed by atoms with Crippen LogP contribution in [0.3, 0.4) is 0 Å². The molecule has 7 heteroatoms. The van der Waals surface area contributed by atoms with E-state index in [1.165, 1.54) is 11.3 Å². The van der Waals surface area contributed by atoms with Crippen molar-refractivity contribution in [3.05, 3.63) is 43.9 Å². The van der Waals surface area contributed by atoms with Crippen molar-refractivity contribution < 1.29 is 23.9 Å². The molecule has 0 saturated heterocycles. The number of aromatic amines is 1. The van der Waals surface area contributed by atoms with Gasteiger partial charge in [-0.3, -0.25) is 4.79 Å². The summed E-state index contributed by atoms with van der Waals surface area (Å²) in [5.41, 5.74) is 2.65. The van der Waals surface area contributed by atoms with Crippen molar-refractivity contribution >= 4 is 29.1 Å². The Bertz CT molecular complexity index is 862. The zero-order valence-corrected chi connectivity index (χ0v) is 17.2. The summed E-state index contributed by atoms with van der Waals surface area (Å²) in [7, 11) is 0. The normalized spacial score (nSPS) is 10.7. The molecule has 0 radical (unpaired) electrons. The summed E-state index contributed by atoms with van der Waals surface area (Å²) in [5, 5.41) is 0. The molecule has 2 heterocycles. The van der Waals surface area contributed by atoms with Gasteiger partial charge in [0, 0.05) is 16.3 Å². The van der Waals surface area contributed by atoms with Crippen LogP contribution in [0.5, 0.6) is 0 Å². The molecule has 0 bridgehead atoms. The Morgan fingerprint density at radius 2 is 1.67 bits per heavy atom. The van der Waals surface area contributed by atoms with Crippen molar-refractivity contribution in [3.63, 3.8) is 0 Å². The van der Waals surface area contributed by atoms with Gasteiger partial charge in [0.2, 0.25) is 5.78 Å². The summed E-state index contributed by atoms with van der Waals surface area (Å²) in [6.45, 7) is 8.93. The molecule has 0 spiro atoms. The number of aryl methyl sites for hydroxylation is 4. The maximum atomic E-state index is 12.6. The third-order valence-electron chi connectivity index (χ3n) is 4.21. The van der Waals surface area contributed by atoms with Crippen molar-refractivity contribution in [1.82, 2.24) is 4.98 Å². The van der Waals surface area contributed by atoms with Crippen molar-refractivity contribution in [2.45, 2.75) is 47.5 Å². The van der Waals surface area contributed by atoms with Gasteiger partial charge in [0.15, 0.2) is 6.61 Å². The Kier molecular flexibility index (Phi) is 6.96. The summed E-state index contributed by atoms with van der Waals surface area (Å²) in [6.07, 6.45) is 1.90. The molecule has 146 valence electrons. The monoisotopic (exact) mass is 391 g/mol. The number of H-pyrrole nitrogens is 1. The van der Waals surface area contributed by atoms with E-state index in [1.54, 1.807) is 20.8 Å². The van der Waals surface area contributed by atoms with Crippen LogP contribution in [0.25, 0.3) is 0 Å². The molecule has 0 aliphatic heterocycles. The minimum atomic E-state index is -0.563. The highest BCUT2D eigenvalue weighted by atomic mass is 32.1. The molecule has 0 saturated carbocycles. The Morgan fingerprint density at radius 3 is 2.30 bits per heavy atom. The second-order valence-corrected chi connectivity index (χ2v) is 7.54. The van der Waals surface area contributed by atoms with Gasteiger partial charge in [-0.15, -0.1) is 11.3 Å². The number of ether oxygens (including phenoxy) is 2. The second kappa shape index (κ2) is 8.99. The molecule has 0 aromatic carbocycles. The van der Waals surface area contributed by atoms with E-state index >= 15 is 0 Å². The first kappa shape index (κ1) is 20.9. The first-order valence-corrected chi connectivity index (χ1v) is 9.77. The lowest BCUT2D eigenvalue weighted by Crippen LogP contribution is -2.17. The highest BCUT2D eigenvalue weighted by molar-refractivity contribution is 7.14. The molecule has 0 aliphatic rings. The molecule has 0 amide bonds. The van der Waals surface area contributed by atoms with Crippen LogP contribution in [0.4, 0.5) is 0 Å². The van der Waals surface area contributed by atoms with Crippen LogP contribution < -0.4 is 0 Å². The largest absolute Gasteiger partial charge is 0.462 e. The first-order chi connectivity index (χ1) is 12.8. The van der Waals surface area contributed by atoms with Crippen LogP contribution >= 0.6 is 11.3 Å². The fourth-order valence-electron chi connectivity index (χ4n) is 3.00. The fraction of sp³-hybridized carbons (Fsp3) is 0.450. The maximum absolute atomic E-state index is 12.6. The van der Waals surface area contributed by atoms with Gasteiger partial charge in [0.05, 0.1) is 17.7 Å². The summed E-state index contributed by atoms with van der Waals surface area (Å²) in [6, 6.07) is 1.83. The van der Waals surface area contributed by atoms with Crippen molar-refractivity contribution in [3.8, 4) is 0 Å². The minimum absolute atomic E-state index is 0.201. The van der Waals surface area contributed by atoms with E-state index in [4.69, 9.17) is 9.47 Å². The molecule has 6 nitrogen and oxygen atoms in total. The number of Topliss-reactive ketones (excluding diaryl/α,β-unsaturated/α-hetero) is 1. The van der Waals surface area contributed by atoms with E-state index in [0.29, 0.717) is 16.3 Å². The predicted octanol–water partition coefficient (Wildman–Crippen LogP) is 4.17. The molecule has 27 heavy (non-hydrogen) atoms. The number of aromatic nitrogens is 1. The SMILES string of the molecule is CCCc1cc(C(=O)OCC(=O)c2c(C)[nH]c(C)c2C(=O)OCC)sc1C. The Balaban J connectivity index is 2.13. The highest BCUT2D eigenvalue weighted by Gasteiger charge is 2.26. The van der Waals surface area contributed by atoms with E-state index in [9.17, 15) is 14.4 Å². The lowest BCUT2D eigenvalue weighted by molar-refractivity contribution is 0.0476. The minimum Gasteiger partial charge on any atom is -0.462 e. The summed E-state index contributed by atoms with van der Waals surface area (Å²) in [5.74, 6) is -1.52. The summed E-state index contributed by atoms with van der Waals surface area (Å²) in [4.78, 5) is 41.6. The number of carbonyl (C=O) groups is 3. The van der Waals surface area contributed by atoms with Gasteiger partial charge < -0.3 is 14.5 Å². The van der Waals surface area contributed by atoms with Gasteiger partial charge in [-0.05, 0) is 45.7 Å². The highest BCUT2D eigenvalue weighted by Crippen LogP contribution is 2.24. The fourth-order valence-corrected chi connectivity index (χ4v) is 3.97. The lowest BCUT2D eigenvalue weighted by atomic mass is 10.1. The second-order valence-electron chi connectivity index (χ2n) is 6.29. The van der Waals surface area contributed by atoms with Gasteiger partial charge >= 0.3 is 11.9 Å². The first-order valence-electron chi connectivity index (χ1n) is 8.95. The number of ketones is 1. The number of hydrogen-bond donors (Lipinski definition) is 1. The van der Waals surface area contributed by atoms with Gasteiger partial charge in [0.25, 0.3) is 0 Å². The Hall–Kier alpha value is -2.41. The molecule has 0 aliphatic carbocycles. The molecule has 0 fully saturated rings. The van der Waals surface area contributed by atoms with Gasteiger partial charge in [0.1, 0.15) is 4.88 Å². The average Bonchev–Trinajstić information content (AvgIpc) is 3.12. The summed E-state index contributed by atoms with van der Waals surface area (Å²) < 4.78 is 10.2. The van der Waals surface area contributed by atoms with Crippen LogP contribution in [0.15, 0.2) is 6.07 Å². The standard InChI is InChI=1S/C20H25NO5S/c1-6-8-14-9-16(27-13(14)5)19(23)26-10-15(22)17-11(3)21-12(4)18(17)20(24)25-7-2/h9,21H,6-8,10H2,1-5H3. The average molecular weight is 391 g/mol. The number of hydrogen-bond acceptors (Lipinski definition) is 6. The molecule has 2 aromatic heterocycles. The predicted molar refractivity (Wildman–Crippen MR) is 104 cm³/mol. The third-order valence-corrected chi connectivity index (χ3v) is 5.28. The third kappa shape index (κ3) is 4.66. The molecule has 2 rings (SSSR count). The van der Waals surface area contributed by atoms with E-state index in [1.807, 2.05) is 13.0 Å². The van der Waals surface area contributed by atoms with E-state index in [0.717, 1.165) is 23.3 Å². The lowest BCUT2D eigenvalue weighted by Gasteiger charge is -2.06. The number of nitrogens with one attached hydrogen (secondary N) is 1. The molecular weight excluding hydrogens is 366 g/mol. The van der Waals surface area contributed by atoms with Crippen molar-refractivity contribution in [2.75, 3.05) is 13.2 Å². The van der Waals surface area contributed by atoms with Gasteiger partial charge in [-0.25, -0.2) is 9.59 Å². The quantitative estimate of drug-likeness (QED) is 0.539. The van der Waals surface area contributed by atoms with Crippen LogP contribution in [0.1, 0.15) is 72.5 Å². The molecule has 0 atom stereocenters. The van der Waals surface area contributed by atoms with Crippen LogP contribution in [-0.4, -0.2) is 35.9 Å².